The summed E-state index contributed by atoms with van der Waals surface area (Å²) in [5, 5.41) is 0. The van der Waals surface area contributed by atoms with E-state index in [2.05, 4.69) is 104 Å². The van der Waals surface area contributed by atoms with Gasteiger partial charge < -0.3 is 4.90 Å². The number of aryl methyl sites for hydroxylation is 1. The van der Waals surface area contributed by atoms with Crippen molar-refractivity contribution < 1.29 is 0 Å². The molecule has 0 saturated heterocycles. The molecule has 1 heteroatoms. The summed E-state index contributed by atoms with van der Waals surface area (Å²) in [4.78, 5) is 2.43. The van der Waals surface area contributed by atoms with E-state index in [0.717, 1.165) is 19.5 Å². The molecule has 1 unspecified atom stereocenters. The van der Waals surface area contributed by atoms with E-state index < -0.39 is 0 Å². The van der Waals surface area contributed by atoms with E-state index in [1.165, 1.54) is 28.7 Å². The highest BCUT2D eigenvalue weighted by Gasteiger charge is 2.14. The lowest BCUT2D eigenvalue weighted by Gasteiger charge is -2.23. The van der Waals surface area contributed by atoms with Crippen molar-refractivity contribution in [2.45, 2.75) is 32.2 Å². The number of benzene rings is 3. The van der Waals surface area contributed by atoms with Crippen LogP contribution in [0.1, 0.15) is 34.6 Å². The van der Waals surface area contributed by atoms with E-state index >= 15 is 0 Å². The van der Waals surface area contributed by atoms with Gasteiger partial charge >= 0.3 is 0 Å². The fourth-order valence-electron chi connectivity index (χ4n) is 3.57. The third-order valence-corrected chi connectivity index (χ3v) is 5.15. The van der Waals surface area contributed by atoms with Gasteiger partial charge in [-0.2, -0.15) is 0 Å². The maximum atomic E-state index is 2.43. The number of hydrogen-bond acceptors (Lipinski definition) is 1. The van der Waals surface area contributed by atoms with E-state index in [9.17, 15) is 0 Å². The van der Waals surface area contributed by atoms with Crippen LogP contribution >= 0.6 is 0 Å². The molecule has 0 aliphatic rings. The number of rotatable bonds is 8. The largest absolute Gasteiger partial charge is 0.302 e. The lowest BCUT2D eigenvalue weighted by molar-refractivity contribution is 0.310. The quantitative estimate of drug-likeness (QED) is 0.496. The molecule has 3 rings (SSSR count). The van der Waals surface area contributed by atoms with Gasteiger partial charge in [0.25, 0.3) is 0 Å². The van der Waals surface area contributed by atoms with Gasteiger partial charge in [0.15, 0.2) is 0 Å². The molecule has 0 aromatic heterocycles. The van der Waals surface area contributed by atoms with Crippen LogP contribution in [0.2, 0.25) is 0 Å². The zero-order chi connectivity index (χ0) is 18.2. The minimum Gasteiger partial charge on any atom is -0.302 e. The summed E-state index contributed by atoms with van der Waals surface area (Å²) in [6, 6.07) is 30.5. The van der Waals surface area contributed by atoms with Crippen molar-refractivity contribution >= 4 is 0 Å². The van der Waals surface area contributed by atoms with Crippen LogP contribution < -0.4 is 0 Å². The Kier molecular flexibility index (Phi) is 6.62. The zero-order valence-corrected chi connectivity index (χ0v) is 15.9. The predicted molar refractivity (Wildman–Crippen MR) is 111 cm³/mol. The van der Waals surface area contributed by atoms with Gasteiger partial charge in [0.2, 0.25) is 0 Å². The fraction of sp³-hybridized carbons (Fsp3) is 0.280. The lowest BCUT2D eigenvalue weighted by atomic mass is 9.87. The second-order valence-corrected chi connectivity index (χ2v) is 7.25. The van der Waals surface area contributed by atoms with Crippen molar-refractivity contribution in [2.75, 3.05) is 13.6 Å². The standard InChI is InChI=1S/C25H29N/c1-21-11-9-10-16-24(21)19-25(23-14-7-4-8-15-23)17-18-26(2)20-22-12-5-3-6-13-22/h3-16,25H,17-20H2,1-2H3. The summed E-state index contributed by atoms with van der Waals surface area (Å²) in [5.74, 6) is 0.551. The van der Waals surface area contributed by atoms with Gasteiger partial charge in [0, 0.05) is 6.54 Å². The van der Waals surface area contributed by atoms with Gasteiger partial charge in [0.1, 0.15) is 0 Å². The van der Waals surface area contributed by atoms with E-state index in [1.807, 2.05) is 0 Å². The molecular formula is C25H29N. The van der Waals surface area contributed by atoms with Crippen LogP contribution in [0.4, 0.5) is 0 Å². The van der Waals surface area contributed by atoms with E-state index in [0.29, 0.717) is 5.92 Å². The van der Waals surface area contributed by atoms with Gasteiger partial charge in [0.05, 0.1) is 0 Å². The third-order valence-electron chi connectivity index (χ3n) is 5.15. The Morgan fingerprint density at radius 3 is 2.08 bits per heavy atom. The summed E-state index contributed by atoms with van der Waals surface area (Å²) in [5.41, 5.74) is 5.69. The maximum Gasteiger partial charge on any atom is 0.0230 e. The molecule has 0 N–H and O–H groups in total. The van der Waals surface area contributed by atoms with Gasteiger partial charge in [-0.25, -0.2) is 0 Å². The molecule has 0 aliphatic carbocycles. The molecule has 0 radical (unpaired) electrons. The van der Waals surface area contributed by atoms with Crippen molar-refractivity contribution in [3.63, 3.8) is 0 Å². The van der Waals surface area contributed by atoms with Gasteiger partial charge in [-0.3, -0.25) is 0 Å². The third kappa shape index (κ3) is 5.31. The van der Waals surface area contributed by atoms with Crippen molar-refractivity contribution in [2.24, 2.45) is 0 Å². The van der Waals surface area contributed by atoms with Crippen molar-refractivity contribution in [3.05, 3.63) is 107 Å². The topological polar surface area (TPSA) is 3.24 Å². The minimum absolute atomic E-state index is 0.551. The van der Waals surface area contributed by atoms with E-state index in [-0.39, 0.29) is 0 Å². The molecule has 0 amide bonds. The highest BCUT2D eigenvalue weighted by Crippen LogP contribution is 2.26. The molecule has 1 nitrogen and oxygen atoms in total. The first kappa shape index (κ1) is 18.4. The average Bonchev–Trinajstić information content (AvgIpc) is 2.68. The Bertz CT molecular complexity index is 780. The Labute approximate surface area is 158 Å². The molecular weight excluding hydrogens is 314 g/mol. The smallest absolute Gasteiger partial charge is 0.0230 e. The van der Waals surface area contributed by atoms with E-state index in [4.69, 9.17) is 0 Å². The van der Waals surface area contributed by atoms with Crippen molar-refractivity contribution in [1.82, 2.24) is 4.90 Å². The molecule has 0 aliphatic heterocycles. The fourth-order valence-corrected chi connectivity index (χ4v) is 3.57. The van der Waals surface area contributed by atoms with Crippen LogP contribution in [0.25, 0.3) is 0 Å². The zero-order valence-electron chi connectivity index (χ0n) is 15.9. The summed E-state index contributed by atoms with van der Waals surface area (Å²) >= 11 is 0. The van der Waals surface area contributed by atoms with Crippen LogP contribution in [-0.2, 0) is 13.0 Å². The first-order valence-electron chi connectivity index (χ1n) is 9.54. The molecule has 0 spiro atoms. The molecule has 1 atom stereocenters. The second-order valence-electron chi connectivity index (χ2n) is 7.25. The first-order chi connectivity index (χ1) is 12.7. The molecule has 134 valence electrons. The van der Waals surface area contributed by atoms with Crippen LogP contribution in [0.5, 0.6) is 0 Å². The molecule has 3 aromatic rings. The van der Waals surface area contributed by atoms with Gasteiger partial charge in [-0.15, -0.1) is 0 Å². The molecule has 26 heavy (non-hydrogen) atoms. The van der Waals surface area contributed by atoms with Crippen LogP contribution in [0.15, 0.2) is 84.9 Å². The highest BCUT2D eigenvalue weighted by atomic mass is 15.1. The van der Waals surface area contributed by atoms with Crippen LogP contribution in [0, 0.1) is 6.92 Å². The molecule has 3 aromatic carbocycles. The monoisotopic (exact) mass is 343 g/mol. The number of nitrogens with zero attached hydrogens (tertiary/aromatic N) is 1. The van der Waals surface area contributed by atoms with E-state index in [1.54, 1.807) is 0 Å². The normalized spacial score (nSPS) is 12.3. The molecule has 0 fully saturated rings. The SMILES string of the molecule is Cc1ccccc1CC(CCN(C)Cc1ccccc1)c1ccccc1. The first-order valence-corrected chi connectivity index (χ1v) is 9.54. The Morgan fingerprint density at radius 1 is 0.769 bits per heavy atom. The van der Waals surface area contributed by atoms with Crippen molar-refractivity contribution in [3.8, 4) is 0 Å². The van der Waals surface area contributed by atoms with Crippen LogP contribution in [0.3, 0.4) is 0 Å². The summed E-state index contributed by atoms with van der Waals surface area (Å²) < 4.78 is 0. The minimum atomic E-state index is 0.551. The Morgan fingerprint density at radius 2 is 1.38 bits per heavy atom. The average molecular weight is 344 g/mol. The summed E-state index contributed by atoms with van der Waals surface area (Å²) in [7, 11) is 2.23. The number of hydrogen-bond donors (Lipinski definition) is 0. The Balaban J connectivity index is 1.67. The molecule has 0 heterocycles. The van der Waals surface area contributed by atoms with Crippen molar-refractivity contribution in [1.29, 1.82) is 0 Å². The highest BCUT2D eigenvalue weighted by molar-refractivity contribution is 5.29. The molecule has 0 saturated carbocycles. The lowest BCUT2D eigenvalue weighted by Crippen LogP contribution is -2.21. The van der Waals surface area contributed by atoms with Crippen LogP contribution in [-0.4, -0.2) is 18.5 Å². The van der Waals surface area contributed by atoms with Gasteiger partial charge in [-0.1, -0.05) is 84.9 Å². The Hall–Kier alpha value is -2.38. The molecule has 0 bridgehead atoms. The second kappa shape index (κ2) is 9.35. The maximum absolute atomic E-state index is 2.43. The summed E-state index contributed by atoms with van der Waals surface area (Å²) in [6.45, 7) is 4.33. The van der Waals surface area contributed by atoms with Gasteiger partial charge in [-0.05, 0) is 61.5 Å². The predicted octanol–water partition coefficient (Wildman–Crippen LogP) is 5.84. The summed E-state index contributed by atoms with van der Waals surface area (Å²) in [6.07, 6.45) is 2.28.